The third-order valence-electron chi connectivity index (χ3n) is 5.77. The molecule has 0 N–H and O–H groups in total. The number of hydrogen-bond donors (Lipinski definition) is 0. The molecule has 0 unspecified atom stereocenters. The van der Waals surface area contributed by atoms with Gasteiger partial charge in [-0.3, -0.25) is 0 Å². The van der Waals surface area contributed by atoms with Gasteiger partial charge >= 0.3 is 6.18 Å². The minimum Gasteiger partial charge on any atom is -0.542 e. The zero-order valence-electron chi connectivity index (χ0n) is 21.9. The maximum atomic E-state index is 10.5. The van der Waals surface area contributed by atoms with Gasteiger partial charge in [-0.05, 0) is 55.0 Å². The van der Waals surface area contributed by atoms with E-state index in [1.807, 2.05) is 0 Å². The van der Waals surface area contributed by atoms with Crippen LogP contribution in [-0.2, 0) is 15.7 Å². The van der Waals surface area contributed by atoms with E-state index in [9.17, 15) is 13.2 Å². The van der Waals surface area contributed by atoms with Crippen molar-refractivity contribution in [1.82, 2.24) is 0 Å². The van der Waals surface area contributed by atoms with Gasteiger partial charge in [0, 0.05) is 0 Å². The van der Waals surface area contributed by atoms with E-state index in [1.54, 1.807) is 0 Å². The molecule has 206 valence electrons. The fraction of sp³-hybridized carbons (Fsp3) is 0.387. The van der Waals surface area contributed by atoms with Crippen molar-refractivity contribution in [2.45, 2.75) is 85.6 Å². The van der Waals surface area contributed by atoms with Gasteiger partial charge in [0.1, 0.15) is 11.7 Å². The molecule has 0 aliphatic heterocycles. The molecule has 0 aliphatic rings. The van der Waals surface area contributed by atoms with Crippen LogP contribution in [0, 0.1) is 0 Å². The standard InChI is InChI=1S/C29H37OS.C2HF3O2/c1-2-3-4-5-6-7-8-9-16-25-30-26-21-23-29(24-22-26)31(27-17-12-10-13-18-27)28-19-14-11-15-20-28;3-2(4,5)1(6)7/h10-15,17-24H,2-9,16,25H2,1H3;(H,6,7)/q+1;/p-1. The molecule has 0 saturated carbocycles. The maximum Gasteiger partial charge on any atom is 0.430 e. The van der Waals surface area contributed by atoms with E-state index >= 15 is 0 Å². The first-order valence-electron chi connectivity index (χ1n) is 13.2. The van der Waals surface area contributed by atoms with Crippen LogP contribution in [0.4, 0.5) is 13.2 Å². The molecule has 0 radical (unpaired) electrons. The van der Waals surface area contributed by atoms with Crippen LogP contribution >= 0.6 is 0 Å². The second-order valence-electron chi connectivity index (χ2n) is 8.87. The Bertz CT molecular complexity index is 986. The van der Waals surface area contributed by atoms with Crippen LogP contribution in [0.3, 0.4) is 0 Å². The van der Waals surface area contributed by atoms with Crippen LogP contribution in [0.1, 0.15) is 64.7 Å². The molecule has 0 heterocycles. The third-order valence-corrected chi connectivity index (χ3v) is 8.00. The summed E-state index contributed by atoms with van der Waals surface area (Å²) in [6.07, 6.45) is 6.88. The van der Waals surface area contributed by atoms with Gasteiger partial charge in [0.2, 0.25) is 0 Å². The zero-order chi connectivity index (χ0) is 27.6. The topological polar surface area (TPSA) is 49.4 Å². The van der Waals surface area contributed by atoms with Gasteiger partial charge in [-0.25, -0.2) is 0 Å². The molecule has 0 fully saturated rings. The lowest BCUT2D eigenvalue weighted by Crippen LogP contribution is -2.37. The van der Waals surface area contributed by atoms with Gasteiger partial charge in [0.05, 0.1) is 17.5 Å². The van der Waals surface area contributed by atoms with Crippen LogP contribution in [0.25, 0.3) is 0 Å². The Morgan fingerprint density at radius 2 is 1.08 bits per heavy atom. The van der Waals surface area contributed by atoms with Gasteiger partial charge in [-0.1, -0.05) is 94.7 Å². The van der Waals surface area contributed by atoms with Gasteiger partial charge < -0.3 is 14.6 Å². The monoisotopic (exact) mass is 546 g/mol. The minimum atomic E-state index is -5.19. The van der Waals surface area contributed by atoms with Crippen LogP contribution in [0.5, 0.6) is 5.75 Å². The average molecular weight is 547 g/mol. The number of benzene rings is 3. The molecule has 7 heteroatoms. The summed E-state index contributed by atoms with van der Waals surface area (Å²) in [5, 5.41) is 8.78. The molecular weight excluding hydrogens is 509 g/mol. The van der Waals surface area contributed by atoms with E-state index in [4.69, 9.17) is 14.6 Å². The lowest BCUT2D eigenvalue weighted by Gasteiger charge is -2.09. The summed E-state index contributed by atoms with van der Waals surface area (Å²) in [5.41, 5.74) is 0. The maximum absolute atomic E-state index is 10.5. The van der Waals surface area contributed by atoms with E-state index in [1.165, 1.54) is 66.1 Å². The molecule has 3 aromatic carbocycles. The second kappa shape index (κ2) is 17.6. The number of carboxylic acids is 1. The molecule has 0 atom stereocenters. The highest BCUT2D eigenvalue weighted by atomic mass is 32.2. The predicted octanol–water partition coefficient (Wildman–Crippen LogP) is 7.99. The Morgan fingerprint density at radius 3 is 1.50 bits per heavy atom. The number of ether oxygens (including phenoxy) is 1. The fourth-order valence-corrected chi connectivity index (χ4v) is 5.88. The highest BCUT2D eigenvalue weighted by Crippen LogP contribution is 2.31. The molecule has 3 nitrogen and oxygen atoms in total. The number of alkyl halides is 3. The van der Waals surface area contributed by atoms with Crippen molar-refractivity contribution in [2.75, 3.05) is 6.61 Å². The van der Waals surface area contributed by atoms with Crippen molar-refractivity contribution in [1.29, 1.82) is 0 Å². The van der Waals surface area contributed by atoms with Crippen LogP contribution in [0.15, 0.2) is 99.6 Å². The van der Waals surface area contributed by atoms with Gasteiger partial charge in [-0.2, -0.15) is 13.2 Å². The smallest absolute Gasteiger partial charge is 0.430 e. The Labute approximate surface area is 227 Å². The highest BCUT2D eigenvalue weighted by Gasteiger charge is 2.29. The first-order valence-corrected chi connectivity index (χ1v) is 14.4. The fourth-order valence-electron chi connectivity index (χ4n) is 3.80. The number of rotatable bonds is 14. The Morgan fingerprint density at radius 1 is 0.684 bits per heavy atom. The molecule has 0 spiro atoms. The summed E-state index contributed by atoms with van der Waals surface area (Å²) in [7, 11) is -0.0931. The summed E-state index contributed by atoms with van der Waals surface area (Å²) < 4.78 is 37.6. The second-order valence-corrected chi connectivity index (χ2v) is 10.9. The third kappa shape index (κ3) is 12.1. The molecule has 0 amide bonds. The quantitative estimate of drug-likeness (QED) is 0.152. The summed E-state index contributed by atoms with van der Waals surface area (Å²) >= 11 is 0. The van der Waals surface area contributed by atoms with Crippen molar-refractivity contribution in [3.63, 3.8) is 0 Å². The van der Waals surface area contributed by atoms with Crippen molar-refractivity contribution < 1.29 is 27.8 Å². The summed E-state index contributed by atoms with van der Waals surface area (Å²) in [4.78, 5) is 12.8. The Hall–Kier alpha value is -2.93. The lowest BCUT2D eigenvalue weighted by atomic mass is 10.1. The summed E-state index contributed by atoms with van der Waals surface area (Å²) in [6, 6.07) is 30.3. The van der Waals surface area contributed by atoms with Crippen molar-refractivity contribution in [3.8, 4) is 5.75 Å². The van der Waals surface area contributed by atoms with E-state index in [2.05, 4.69) is 91.9 Å². The number of hydrogen-bond acceptors (Lipinski definition) is 3. The molecule has 38 heavy (non-hydrogen) atoms. The van der Waals surface area contributed by atoms with Crippen molar-refractivity contribution in [2.24, 2.45) is 0 Å². The average Bonchev–Trinajstić information content (AvgIpc) is 2.92. The molecule has 3 aromatic rings. The van der Waals surface area contributed by atoms with E-state index in [0.29, 0.717) is 0 Å². The largest absolute Gasteiger partial charge is 0.542 e. The van der Waals surface area contributed by atoms with E-state index in [0.717, 1.165) is 18.8 Å². The number of carbonyl (C=O) groups is 1. The van der Waals surface area contributed by atoms with Crippen molar-refractivity contribution >= 4 is 16.9 Å². The Kier molecular flexibility index (Phi) is 14.5. The Balaban J connectivity index is 0.000000638. The van der Waals surface area contributed by atoms with Crippen LogP contribution in [-0.4, -0.2) is 18.8 Å². The number of halogens is 3. The number of aliphatic carboxylic acids is 1. The van der Waals surface area contributed by atoms with Gasteiger partial charge in [0.25, 0.3) is 0 Å². The first kappa shape index (κ1) is 31.3. The van der Waals surface area contributed by atoms with Crippen LogP contribution in [0.2, 0.25) is 0 Å². The number of unbranched alkanes of at least 4 members (excludes halogenated alkanes) is 8. The summed E-state index contributed by atoms with van der Waals surface area (Å²) in [5.74, 6) is -2.03. The van der Waals surface area contributed by atoms with E-state index in [-0.39, 0.29) is 10.9 Å². The molecule has 0 aliphatic carbocycles. The van der Waals surface area contributed by atoms with Crippen molar-refractivity contribution in [3.05, 3.63) is 84.9 Å². The number of carbonyl (C=O) groups excluding carboxylic acids is 1. The molecule has 0 saturated heterocycles. The summed E-state index contributed by atoms with van der Waals surface area (Å²) in [6.45, 7) is 3.09. The normalized spacial score (nSPS) is 11.1. The van der Waals surface area contributed by atoms with Gasteiger partial charge in [-0.15, -0.1) is 0 Å². The van der Waals surface area contributed by atoms with Gasteiger partial charge in [0.15, 0.2) is 14.7 Å². The van der Waals surface area contributed by atoms with Crippen LogP contribution < -0.4 is 9.84 Å². The predicted molar refractivity (Wildman–Crippen MR) is 145 cm³/mol. The highest BCUT2D eigenvalue weighted by molar-refractivity contribution is 7.97. The number of carboxylic acid groups (broad SMARTS) is 1. The molecule has 0 bridgehead atoms. The zero-order valence-corrected chi connectivity index (χ0v) is 22.7. The molecule has 3 rings (SSSR count). The molecule has 0 aromatic heterocycles. The van der Waals surface area contributed by atoms with E-state index < -0.39 is 12.1 Å². The molecular formula is C31H37F3O3S. The lowest BCUT2D eigenvalue weighted by molar-refractivity contribution is -0.344. The first-order chi connectivity index (χ1) is 18.3. The minimum absolute atomic E-state index is 0.0931. The SMILES string of the molecule is CCCCCCCCCCCOc1ccc([S+](c2ccccc2)c2ccccc2)cc1.O=C([O-])C(F)(F)F.